The first-order chi connectivity index (χ1) is 15.8. The Morgan fingerprint density at radius 2 is 1.52 bits per heavy atom. The molecule has 1 N–H and O–H groups in total. The van der Waals surface area contributed by atoms with Crippen molar-refractivity contribution in [3.05, 3.63) is 48.2 Å². The number of carbonyl (C=O) groups excluding carboxylic acids is 2. The molecule has 3 saturated carbocycles. The predicted octanol–water partition coefficient (Wildman–Crippen LogP) is 4.49. The molecular weight excluding hydrogens is 426 g/mol. The van der Waals surface area contributed by atoms with Crippen LogP contribution in [0.3, 0.4) is 0 Å². The van der Waals surface area contributed by atoms with Crippen molar-refractivity contribution in [2.24, 2.45) is 10.8 Å². The van der Waals surface area contributed by atoms with Crippen LogP contribution in [0.5, 0.6) is 0 Å². The first kappa shape index (κ1) is 20.6. The lowest BCUT2D eigenvalue weighted by Crippen LogP contribution is -2.64. The minimum Gasteiger partial charge on any atom is -0.338 e. The molecular formula is C25H26F2N4O2. The van der Waals surface area contributed by atoms with Gasteiger partial charge in [-0.05, 0) is 56.7 Å². The number of amides is 2. The summed E-state index contributed by atoms with van der Waals surface area (Å²) in [4.78, 5) is 34.8. The Morgan fingerprint density at radius 1 is 0.879 bits per heavy atom. The van der Waals surface area contributed by atoms with E-state index in [4.69, 9.17) is 0 Å². The molecule has 8 heteroatoms. The molecule has 2 aromatic rings. The molecule has 0 atom stereocenters. The maximum Gasteiger partial charge on any atom is 0.282 e. The van der Waals surface area contributed by atoms with Crippen LogP contribution in [0.15, 0.2) is 42.6 Å². The summed E-state index contributed by atoms with van der Waals surface area (Å²) in [5.41, 5.74) is 1.53. The van der Waals surface area contributed by atoms with Gasteiger partial charge < -0.3 is 15.1 Å². The van der Waals surface area contributed by atoms with E-state index >= 15 is 0 Å². The van der Waals surface area contributed by atoms with Crippen LogP contribution >= 0.6 is 0 Å². The van der Waals surface area contributed by atoms with Crippen LogP contribution in [0, 0.1) is 10.8 Å². The standard InChI is InChI=1S/C25H26F2N4O2/c26-25(27)15-30(16-25)21(32)23-7-10-24(11-8-23,12-9-23)22(33)31-14-17-4-3-13-28-20(17)29-18-5-1-2-6-19(18)31/h1-6,13H,7-12,14-16H2,(H,28,29). The SMILES string of the molecule is O=C(N1CC(F)(F)C1)C12CCC(C(=O)N3Cc4cccnc4Nc4ccccc43)(CC1)CC2. The van der Waals surface area contributed by atoms with E-state index < -0.39 is 29.8 Å². The minimum absolute atomic E-state index is 0.0877. The Kier molecular flexibility index (Phi) is 4.35. The van der Waals surface area contributed by atoms with Gasteiger partial charge in [0.05, 0.1) is 31.0 Å². The van der Waals surface area contributed by atoms with Crippen molar-refractivity contribution in [1.29, 1.82) is 0 Å². The smallest absolute Gasteiger partial charge is 0.282 e. The van der Waals surface area contributed by atoms with Crippen molar-refractivity contribution >= 4 is 29.0 Å². The zero-order valence-electron chi connectivity index (χ0n) is 18.3. The van der Waals surface area contributed by atoms with Gasteiger partial charge >= 0.3 is 0 Å². The highest BCUT2D eigenvalue weighted by Gasteiger charge is 2.59. The number of para-hydroxylation sites is 2. The molecule has 4 fully saturated rings. The number of likely N-dealkylation sites (tertiary alicyclic amines) is 1. The topological polar surface area (TPSA) is 65.5 Å². The zero-order chi connectivity index (χ0) is 22.8. The number of aromatic nitrogens is 1. The number of anilines is 3. The average Bonchev–Trinajstić information content (AvgIpc) is 2.99. The van der Waals surface area contributed by atoms with Gasteiger partial charge in [0.1, 0.15) is 5.82 Å². The Hall–Kier alpha value is -3.03. The van der Waals surface area contributed by atoms with Crippen LogP contribution < -0.4 is 10.2 Å². The Balaban J connectivity index is 1.26. The fraction of sp³-hybridized carbons (Fsp3) is 0.480. The molecule has 172 valence electrons. The number of alkyl halides is 2. The van der Waals surface area contributed by atoms with Gasteiger partial charge in [0.25, 0.3) is 5.92 Å². The van der Waals surface area contributed by atoms with Crippen LogP contribution in [0.1, 0.15) is 44.1 Å². The van der Waals surface area contributed by atoms with E-state index in [-0.39, 0.29) is 11.8 Å². The molecule has 6 nitrogen and oxygen atoms in total. The molecule has 0 unspecified atom stereocenters. The van der Waals surface area contributed by atoms with Gasteiger partial charge in [0, 0.05) is 22.6 Å². The maximum atomic E-state index is 14.1. The largest absolute Gasteiger partial charge is 0.338 e. The highest BCUT2D eigenvalue weighted by atomic mass is 19.3. The average molecular weight is 453 g/mol. The second-order valence-electron chi connectivity index (χ2n) is 10.1. The summed E-state index contributed by atoms with van der Waals surface area (Å²) >= 11 is 0. The molecule has 7 rings (SSSR count). The number of rotatable bonds is 2. The summed E-state index contributed by atoms with van der Waals surface area (Å²) < 4.78 is 26.7. The Labute approximate surface area is 191 Å². The number of hydrogen-bond acceptors (Lipinski definition) is 4. The van der Waals surface area contributed by atoms with Crippen LogP contribution in [0.4, 0.5) is 26.0 Å². The molecule has 0 radical (unpaired) electrons. The number of carbonyl (C=O) groups is 2. The van der Waals surface area contributed by atoms with Crippen LogP contribution in [0.25, 0.3) is 0 Å². The van der Waals surface area contributed by atoms with E-state index in [0.29, 0.717) is 45.1 Å². The molecule has 5 aliphatic rings. The van der Waals surface area contributed by atoms with Crippen molar-refractivity contribution in [3.63, 3.8) is 0 Å². The van der Waals surface area contributed by atoms with Crippen LogP contribution in [-0.2, 0) is 16.1 Å². The first-order valence-corrected chi connectivity index (χ1v) is 11.6. The number of halogens is 2. The third-order valence-electron chi connectivity index (χ3n) is 8.20. The second-order valence-corrected chi connectivity index (χ2v) is 10.1. The lowest BCUT2D eigenvalue weighted by atomic mass is 9.52. The second kappa shape index (κ2) is 6.98. The van der Waals surface area contributed by atoms with E-state index in [0.717, 1.165) is 22.8 Å². The number of benzene rings is 1. The molecule has 3 heterocycles. The van der Waals surface area contributed by atoms with Crippen molar-refractivity contribution in [1.82, 2.24) is 9.88 Å². The van der Waals surface area contributed by atoms with Crippen molar-refractivity contribution in [2.45, 2.75) is 51.0 Å². The Morgan fingerprint density at radius 3 is 2.18 bits per heavy atom. The molecule has 3 aliphatic carbocycles. The van der Waals surface area contributed by atoms with Gasteiger partial charge in [-0.25, -0.2) is 13.8 Å². The highest BCUT2D eigenvalue weighted by Crippen LogP contribution is 2.59. The van der Waals surface area contributed by atoms with Crippen LogP contribution in [-0.4, -0.2) is 40.7 Å². The van der Waals surface area contributed by atoms with Crippen molar-refractivity contribution in [2.75, 3.05) is 23.3 Å². The van der Waals surface area contributed by atoms with Gasteiger partial charge in [-0.15, -0.1) is 0 Å². The summed E-state index contributed by atoms with van der Waals surface area (Å²) in [7, 11) is 0. The lowest BCUT2D eigenvalue weighted by Gasteiger charge is -2.55. The third-order valence-corrected chi connectivity index (χ3v) is 8.20. The molecule has 33 heavy (non-hydrogen) atoms. The number of pyridine rings is 1. The summed E-state index contributed by atoms with van der Waals surface area (Å²) in [6.07, 6.45) is 5.36. The van der Waals surface area contributed by atoms with Gasteiger partial charge in [-0.3, -0.25) is 9.59 Å². The third kappa shape index (κ3) is 3.14. The fourth-order valence-corrected chi connectivity index (χ4v) is 6.16. The number of nitrogens with one attached hydrogen (secondary N) is 1. The van der Waals surface area contributed by atoms with Gasteiger partial charge in [-0.1, -0.05) is 18.2 Å². The van der Waals surface area contributed by atoms with E-state index in [9.17, 15) is 18.4 Å². The molecule has 1 saturated heterocycles. The van der Waals surface area contributed by atoms with Crippen molar-refractivity contribution < 1.29 is 18.4 Å². The molecule has 0 spiro atoms. The highest BCUT2D eigenvalue weighted by molar-refractivity contribution is 6.02. The quantitative estimate of drug-likeness (QED) is 0.729. The number of fused-ring (bicyclic) bond motifs is 5. The number of nitrogens with zero attached hydrogens (tertiary/aromatic N) is 3. The monoisotopic (exact) mass is 452 g/mol. The molecule has 1 aromatic heterocycles. The number of hydrogen-bond donors (Lipinski definition) is 1. The normalized spacial score (nSPS) is 29.3. The minimum atomic E-state index is -2.76. The Bertz CT molecular complexity index is 1120. The summed E-state index contributed by atoms with van der Waals surface area (Å²) in [6.45, 7) is -0.508. The first-order valence-electron chi connectivity index (χ1n) is 11.6. The van der Waals surface area contributed by atoms with Crippen LogP contribution in [0.2, 0.25) is 0 Å². The molecule has 2 aliphatic heterocycles. The van der Waals surface area contributed by atoms with Gasteiger partial charge in [-0.2, -0.15) is 0 Å². The zero-order valence-corrected chi connectivity index (χ0v) is 18.3. The summed E-state index contributed by atoms with van der Waals surface area (Å²) in [6, 6.07) is 11.6. The van der Waals surface area contributed by atoms with E-state index in [2.05, 4.69) is 10.3 Å². The lowest BCUT2D eigenvalue weighted by molar-refractivity contribution is -0.183. The van der Waals surface area contributed by atoms with E-state index in [1.807, 2.05) is 41.3 Å². The maximum absolute atomic E-state index is 14.1. The molecule has 1 aromatic carbocycles. The molecule has 2 bridgehead atoms. The summed E-state index contributed by atoms with van der Waals surface area (Å²) in [5, 5.41) is 3.37. The fourth-order valence-electron chi connectivity index (χ4n) is 6.16. The predicted molar refractivity (Wildman–Crippen MR) is 119 cm³/mol. The van der Waals surface area contributed by atoms with Crippen molar-refractivity contribution in [3.8, 4) is 0 Å². The molecule has 2 amide bonds. The van der Waals surface area contributed by atoms with E-state index in [1.165, 1.54) is 4.90 Å². The van der Waals surface area contributed by atoms with Gasteiger partial charge in [0.2, 0.25) is 11.8 Å². The van der Waals surface area contributed by atoms with Gasteiger partial charge in [0.15, 0.2) is 0 Å². The van der Waals surface area contributed by atoms with E-state index in [1.54, 1.807) is 6.20 Å². The summed E-state index contributed by atoms with van der Waals surface area (Å²) in [5.74, 6) is -2.06.